The van der Waals surface area contributed by atoms with Gasteiger partial charge in [-0.3, -0.25) is 4.79 Å². The summed E-state index contributed by atoms with van der Waals surface area (Å²) < 4.78 is 5.47. The molecule has 0 saturated carbocycles. The molecule has 1 amide bonds. The van der Waals surface area contributed by atoms with Crippen molar-refractivity contribution in [2.45, 2.75) is 64.0 Å². The first-order valence-electron chi connectivity index (χ1n) is 10.3. The molecule has 2 atom stereocenters. The normalized spacial score (nSPS) is 19.1. The fourth-order valence-electron chi connectivity index (χ4n) is 4.34. The summed E-state index contributed by atoms with van der Waals surface area (Å²) in [5.74, 6) is -0.673. The number of ether oxygens (including phenoxy) is 1. The Balaban J connectivity index is 1.39. The van der Waals surface area contributed by atoms with Crippen molar-refractivity contribution in [2.75, 3.05) is 0 Å². The minimum Gasteiger partial charge on any atom is -0.449 e. The maximum absolute atomic E-state index is 12.6. The highest BCUT2D eigenvalue weighted by atomic mass is 16.5. The Bertz CT molecular complexity index is 889. The second kappa shape index (κ2) is 8.17. The zero-order valence-electron chi connectivity index (χ0n) is 16.4. The second-order valence-electron chi connectivity index (χ2n) is 7.89. The van der Waals surface area contributed by atoms with E-state index in [-0.39, 0.29) is 11.9 Å². The molecule has 0 unspecified atom stereocenters. The van der Waals surface area contributed by atoms with E-state index in [0.717, 1.165) is 38.5 Å². The molecule has 0 aliphatic heterocycles. The van der Waals surface area contributed by atoms with Crippen LogP contribution in [0.4, 0.5) is 0 Å². The minimum atomic E-state index is -0.822. The van der Waals surface area contributed by atoms with Crippen LogP contribution in [0.3, 0.4) is 0 Å². The van der Waals surface area contributed by atoms with Gasteiger partial charge < -0.3 is 10.1 Å². The summed E-state index contributed by atoms with van der Waals surface area (Å²) in [5.41, 5.74) is 5.55. The summed E-state index contributed by atoms with van der Waals surface area (Å²) in [7, 11) is 0. The molecule has 0 saturated heterocycles. The Labute approximate surface area is 166 Å². The summed E-state index contributed by atoms with van der Waals surface area (Å²) >= 11 is 0. The second-order valence-corrected chi connectivity index (χ2v) is 7.89. The van der Waals surface area contributed by atoms with Crippen LogP contribution in [-0.4, -0.2) is 18.0 Å². The molecule has 0 fully saturated rings. The highest BCUT2D eigenvalue weighted by Crippen LogP contribution is 2.29. The Morgan fingerprint density at radius 3 is 2.57 bits per heavy atom. The van der Waals surface area contributed by atoms with Crippen molar-refractivity contribution < 1.29 is 14.3 Å². The molecule has 0 spiro atoms. The number of hydrogen-bond donors (Lipinski definition) is 1. The highest BCUT2D eigenvalue weighted by molar-refractivity contribution is 5.92. The SMILES string of the molecule is C[C@@H](OC(=O)c1ccc2c(c1)CCCC2)C(=O)N[C@H]1CCCc2ccccc21. The van der Waals surface area contributed by atoms with Gasteiger partial charge in [-0.2, -0.15) is 0 Å². The molecule has 2 aromatic rings. The predicted molar refractivity (Wildman–Crippen MR) is 108 cm³/mol. The first-order valence-corrected chi connectivity index (χ1v) is 10.3. The number of carbonyl (C=O) groups excluding carboxylic acids is 2. The van der Waals surface area contributed by atoms with Gasteiger partial charge >= 0.3 is 5.97 Å². The number of aryl methyl sites for hydroxylation is 3. The molecule has 1 N–H and O–H groups in total. The van der Waals surface area contributed by atoms with Crippen LogP contribution in [0.5, 0.6) is 0 Å². The molecule has 146 valence electrons. The maximum Gasteiger partial charge on any atom is 0.338 e. The van der Waals surface area contributed by atoms with Crippen LogP contribution in [0.1, 0.15) is 71.3 Å². The third kappa shape index (κ3) is 3.96. The van der Waals surface area contributed by atoms with Crippen LogP contribution in [0, 0.1) is 0 Å². The van der Waals surface area contributed by atoms with E-state index in [1.165, 1.54) is 28.7 Å². The van der Waals surface area contributed by atoms with Crippen LogP contribution < -0.4 is 5.32 Å². The average Bonchev–Trinajstić information content (AvgIpc) is 2.73. The van der Waals surface area contributed by atoms with Gasteiger partial charge in [-0.05, 0) is 86.3 Å². The van der Waals surface area contributed by atoms with Gasteiger partial charge in [0.1, 0.15) is 0 Å². The van der Waals surface area contributed by atoms with Gasteiger partial charge in [-0.15, -0.1) is 0 Å². The number of fused-ring (bicyclic) bond motifs is 2. The third-order valence-corrected chi connectivity index (χ3v) is 5.92. The van der Waals surface area contributed by atoms with Crippen molar-refractivity contribution >= 4 is 11.9 Å². The van der Waals surface area contributed by atoms with Crippen molar-refractivity contribution in [1.82, 2.24) is 5.32 Å². The van der Waals surface area contributed by atoms with Crippen molar-refractivity contribution in [1.29, 1.82) is 0 Å². The smallest absolute Gasteiger partial charge is 0.338 e. The Morgan fingerprint density at radius 1 is 0.964 bits per heavy atom. The van der Waals surface area contributed by atoms with Crippen LogP contribution >= 0.6 is 0 Å². The summed E-state index contributed by atoms with van der Waals surface area (Å²) in [5, 5.41) is 3.07. The number of hydrogen-bond acceptors (Lipinski definition) is 3. The molecule has 2 aromatic carbocycles. The quantitative estimate of drug-likeness (QED) is 0.808. The van der Waals surface area contributed by atoms with E-state index in [1.807, 2.05) is 30.3 Å². The van der Waals surface area contributed by atoms with E-state index >= 15 is 0 Å². The number of benzene rings is 2. The molecule has 0 heterocycles. The molecule has 4 rings (SSSR count). The summed E-state index contributed by atoms with van der Waals surface area (Å²) in [6.07, 6.45) is 6.63. The van der Waals surface area contributed by atoms with Crippen molar-refractivity contribution in [3.63, 3.8) is 0 Å². The van der Waals surface area contributed by atoms with Crippen molar-refractivity contribution in [3.05, 3.63) is 70.3 Å². The fourth-order valence-corrected chi connectivity index (χ4v) is 4.34. The first kappa shape index (κ1) is 18.7. The number of rotatable bonds is 4. The topological polar surface area (TPSA) is 55.4 Å². The Hall–Kier alpha value is -2.62. The number of esters is 1. The molecule has 4 heteroatoms. The van der Waals surface area contributed by atoms with E-state index in [1.54, 1.807) is 6.92 Å². The van der Waals surface area contributed by atoms with Gasteiger partial charge in [-0.25, -0.2) is 4.79 Å². The van der Waals surface area contributed by atoms with Crippen LogP contribution in [-0.2, 0) is 28.8 Å². The number of amides is 1. The largest absolute Gasteiger partial charge is 0.449 e. The van der Waals surface area contributed by atoms with E-state index in [9.17, 15) is 9.59 Å². The Morgan fingerprint density at radius 2 is 1.71 bits per heavy atom. The van der Waals surface area contributed by atoms with E-state index in [4.69, 9.17) is 4.74 Å². The maximum atomic E-state index is 12.6. The summed E-state index contributed by atoms with van der Waals surface area (Å²) in [4.78, 5) is 25.2. The van der Waals surface area contributed by atoms with E-state index in [2.05, 4.69) is 17.4 Å². The zero-order valence-corrected chi connectivity index (χ0v) is 16.4. The molecule has 4 nitrogen and oxygen atoms in total. The van der Waals surface area contributed by atoms with Crippen LogP contribution in [0.25, 0.3) is 0 Å². The lowest BCUT2D eigenvalue weighted by Gasteiger charge is -2.27. The number of carbonyl (C=O) groups is 2. The minimum absolute atomic E-state index is 0.0117. The van der Waals surface area contributed by atoms with Gasteiger partial charge in [0.15, 0.2) is 6.10 Å². The van der Waals surface area contributed by atoms with Gasteiger partial charge in [0, 0.05) is 0 Å². The van der Waals surface area contributed by atoms with Crippen LogP contribution in [0.2, 0.25) is 0 Å². The van der Waals surface area contributed by atoms with E-state index < -0.39 is 12.1 Å². The lowest BCUT2D eigenvalue weighted by Crippen LogP contribution is -2.39. The lowest BCUT2D eigenvalue weighted by molar-refractivity contribution is -0.130. The average molecular weight is 377 g/mol. The molecule has 2 aliphatic carbocycles. The molecule has 2 aliphatic rings. The summed E-state index contributed by atoms with van der Waals surface area (Å²) in [6.45, 7) is 1.64. The lowest BCUT2D eigenvalue weighted by atomic mass is 9.87. The standard InChI is InChI=1S/C24H27NO3/c1-16(23(26)25-22-12-6-10-18-8-4-5-11-21(18)22)28-24(27)20-14-13-17-7-2-3-9-19(17)15-20/h4-5,8,11,13-16,22H,2-3,6-7,9-10,12H2,1H3,(H,25,26)/t16-,22+/m1/s1. The molecular formula is C24H27NO3. The predicted octanol–water partition coefficient (Wildman–Crippen LogP) is 4.30. The van der Waals surface area contributed by atoms with Gasteiger partial charge in [0.05, 0.1) is 11.6 Å². The van der Waals surface area contributed by atoms with Gasteiger partial charge in [0.25, 0.3) is 5.91 Å². The van der Waals surface area contributed by atoms with Gasteiger partial charge in [-0.1, -0.05) is 30.3 Å². The summed E-state index contributed by atoms with van der Waals surface area (Å²) in [6, 6.07) is 14.0. The third-order valence-electron chi connectivity index (χ3n) is 5.92. The van der Waals surface area contributed by atoms with E-state index in [0.29, 0.717) is 5.56 Å². The van der Waals surface area contributed by atoms with Gasteiger partial charge in [0.2, 0.25) is 0 Å². The molecule has 0 aromatic heterocycles. The zero-order chi connectivity index (χ0) is 19.5. The van der Waals surface area contributed by atoms with Crippen molar-refractivity contribution in [2.24, 2.45) is 0 Å². The number of nitrogens with one attached hydrogen (secondary N) is 1. The monoisotopic (exact) mass is 377 g/mol. The molecule has 0 bridgehead atoms. The molecule has 28 heavy (non-hydrogen) atoms. The molecule has 0 radical (unpaired) electrons. The highest BCUT2D eigenvalue weighted by Gasteiger charge is 2.26. The first-order chi connectivity index (χ1) is 13.6. The van der Waals surface area contributed by atoms with Crippen LogP contribution in [0.15, 0.2) is 42.5 Å². The Kier molecular flexibility index (Phi) is 5.47. The fraction of sp³-hybridized carbons (Fsp3) is 0.417. The molecular weight excluding hydrogens is 350 g/mol. The van der Waals surface area contributed by atoms with Crippen molar-refractivity contribution in [3.8, 4) is 0 Å².